The van der Waals surface area contributed by atoms with E-state index >= 15 is 0 Å². The van der Waals surface area contributed by atoms with Gasteiger partial charge >= 0.3 is 0 Å². The van der Waals surface area contributed by atoms with E-state index in [4.69, 9.17) is 14.6 Å². The van der Waals surface area contributed by atoms with Crippen LogP contribution in [-0.2, 0) is 9.47 Å². The zero-order valence-electron chi connectivity index (χ0n) is 15.8. The van der Waals surface area contributed by atoms with E-state index in [1.165, 1.54) is 44.9 Å². The Kier molecular flexibility index (Phi) is 13.3. The predicted octanol–water partition coefficient (Wildman–Crippen LogP) is 2.96. The fourth-order valence-electron chi connectivity index (χ4n) is 3.04. The molecule has 1 saturated heterocycles. The zero-order valence-corrected chi connectivity index (χ0v) is 15.8. The highest BCUT2D eigenvalue weighted by atomic mass is 16.6. The molecule has 5 nitrogen and oxygen atoms in total. The van der Waals surface area contributed by atoms with Crippen LogP contribution in [0.25, 0.3) is 0 Å². The van der Waals surface area contributed by atoms with Gasteiger partial charge in [-0.15, -0.1) is 0 Å². The lowest BCUT2D eigenvalue weighted by atomic mass is 10.0. The lowest BCUT2D eigenvalue weighted by Crippen LogP contribution is -2.55. The highest BCUT2D eigenvalue weighted by Crippen LogP contribution is 2.18. The second kappa shape index (κ2) is 14.7. The molecule has 0 aromatic carbocycles. The Morgan fingerprint density at radius 1 is 0.920 bits per heavy atom. The SMILES string of the molecule is CCCCCCCC/C=C/CCCCO[C@H]1CO[C@H](CO)[C@@H](O)[C@@H]1O. The van der Waals surface area contributed by atoms with Crippen LogP contribution in [0.1, 0.15) is 71.1 Å². The van der Waals surface area contributed by atoms with E-state index in [0.29, 0.717) is 6.61 Å². The Labute approximate surface area is 153 Å². The minimum Gasteiger partial charge on any atom is -0.394 e. The molecule has 5 heteroatoms. The summed E-state index contributed by atoms with van der Waals surface area (Å²) in [7, 11) is 0. The fourth-order valence-corrected chi connectivity index (χ4v) is 3.04. The van der Waals surface area contributed by atoms with Crippen LogP contribution in [0.4, 0.5) is 0 Å². The van der Waals surface area contributed by atoms with Crippen molar-refractivity contribution in [2.24, 2.45) is 0 Å². The number of hydrogen-bond donors (Lipinski definition) is 3. The van der Waals surface area contributed by atoms with Gasteiger partial charge in [-0.05, 0) is 32.1 Å². The monoisotopic (exact) mass is 358 g/mol. The first kappa shape index (κ1) is 22.6. The van der Waals surface area contributed by atoms with E-state index in [9.17, 15) is 10.2 Å². The van der Waals surface area contributed by atoms with Crippen LogP contribution in [-0.4, -0.2) is 59.6 Å². The summed E-state index contributed by atoms with van der Waals surface area (Å²) < 4.78 is 10.9. The fraction of sp³-hybridized carbons (Fsp3) is 0.900. The second-order valence-electron chi connectivity index (χ2n) is 6.97. The molecule has 4 atom stereocenters. The number of aliphatic hydroxyl groups is 3. The number of allylic oxidation sites excluding steroid dienone is 2. The number of aliphatic hydroxyl groups excluding tert-OH is 3. The molecule has 1 aliphatic heterocycles. The van der Waals surface area contributed by atoms with E-state index < -0.39 is 24.4 Å². The summed E-state index contributed by atoms with van der Waals surface area (Å²) >= 11 is 0. The van der Waals surface area contributed by atoms with Gasteiger partial charge in [0.05, 0.1) is 13.2 Å². The van der Waals surface area contributed by atoms with Crippen molar-refractivity contribution in [3.63, 3.8) is 0 Å². The maximum atomic E-state index is 9.95. The van der Waals surface area contributed by atoms with Gasteiger partial charge in [-0.1, -0.05) is 51.2 Å². The number of ether oxygens (including phenoxy) is 2. The lowest BCUT2D eigenvalue weighted by molar-refractivity contribution is -0.208. The maximum absolute atomic E-state index is 9.95. The van der Waals surface area contributed by atoms with Crippen molar-refractivity contribution >= 4 is 0 Å². The first-order valence-electron chi connectivity index (χ1n) is 10.1. The molecule has 0 radical (unpaired) electrons. The van der Waals surface area contributed by atoms with Crippen LogP contribution in [0, 0.1) is 0 Å². The van der Waals surface area contributed by atoms with Crippen LogP contribution in [0.5, 0.6) is 0 Å². The van der Waals surface area contributed by atoms with Gasteiger partial charge in [0.25, 0.3) is 0 Å². The van der Waals surface area contributed by atoms with Gasteiger partial charge < -0.3 is 24.8 Å². The Hall–Kier alpha value is -0.460. The molecule has 0 unspecified atom stereocenters. The van der Waals surface area contributed by atoms with E-state index in [2.05, 4.69) is 19.1 Å². The molecule has 0 saturated carbocycles. The van der Waals surface area contributed by atoms with Crippen LogP contribution in [0.3, 0.4) is 0 Å². The minimum atomic E-state index is -1.09. The first-order valence-corrected chi connectivity index (χ1v) is 10.1. The molecule has 3 N–H and O–H groups in total. The third-order valence-electron chi connectivity index (χ3n) is 4.75. The molecular weight excluding hydrogens is 320 g/mol. The van der Waals surface area contributed by atoms with Crippen molar-refractivity contribution in [3.05, 3.63) is 12.2 Å². The van der Waals surface area contributed by atoms with Crippen molar-refractivity contribution in [2.45, 2.75) is 95.5 Å². The van der Waals surface area contributed by atoms with Gasteiger partial charge in [0.2, 0.25) is 0 Å². The average Bonchev–Trinajstić information content (AvgIpc) is 2.62. The normalized spacial score (nSPS) is 27.2. The highest BCUT2D eigenvalue weighted by Gasteiger charge is 2.38. The van der Waals surface area contributed by atoms with Crippen molar-refractivity contribution in [1.82, 2.24) is 0 Å². The van der Waals surface area contributed by atoms with Gasteiger partial charge in [0.1, 0.15) is 24.4 Å². The number of unbranched alkanes of at least 4 members (excludes halogenated alkanes) is 8. The average molecular weight is 359 g/mol. The molecule has 0 aliphatic carbocycles. The molecule has 1 aliphatic rings. The van der Waals surface area contributed by atoms with Gasteiger partial charge in [-0.3, -0.25) is 0 Å². The largest absolute Gasteiger partial charge is 0.394 e. The molecule has 0 bridgehead atoms. The Morgan fingerprint density at radius 3 is 2.24 bits per heavy atom. The molecular formula is C20H38O5. The summed E-state index contributed by atoms with van der Waals surface area (Å²) in [6.45, 7) is 2.71. The van der Waals surface area contributed by atoms with Crippen molar-refractivity contribution in [1.29, 1.82) is 0 Å². The van der Waals surface area contributed by atoms with Crippen LogP contribution in [0.15, 0.2) is 12.2 Å². The quantitative estimate of drug-likeness (QED) is 0.329. The molecule has 0 spiro atoms. The first-order chi connectivity index (χ1) is 12.2. The number of hydrogen-bond acceptors (Lipinski definition) is 5. The summed E-state index contributed by atoms with van der Waals surface area (Å²) in [5, 5.41) is 28.8. The molecule has 148 valence electrons. The summed E-state index contributed by atoms with van der Waals surface area (Å²) in [4.78, 5) is 0. The Bertz CT molecular complexity index is 334. The summed E-state index contributed by atoms with van der Waals surface area (Å²) in [5.41, 5.74) is 0. The Morgan fingerprint density at radius 2 is 1.56 bits per heavy atom. The van der Waals surface area contributed by atoms with E-state index in [0.717, 1.165) is 19.3 Å². The predicted molar refractivity (Wildman–Crippen MR) is 99.6 cm³/mol. The van der Waals surface area contributed by atoms with Crippen LogP contribution < -0.4 is 0 Å². The van der Waals surface area contributed by atoms with E-state index in [-0.39, 0.29) is 13.2 Å². The topological polar surface area (TPSA) is 79.2 Å². The van der Waals surface area contributed by atoms with Gasteiger partial charge in [0, 0.05) is 6.61 Å². The minimum absolute atomic E-state index is 0.210. The molecule has 1 fully saturated rings. The second-order valence-corrected chi connectivity index (χ2v) is 6.97. The number of rotatable bonds is 14. The van der Waals surface area contributed by atoms with E-state index in [1.807, 2.05) is 0 Å². The lowest BCUT2D eigenvalue weighted by Gasteiger charge is -2.36. The maximum Gasteiger partial charge on any atom is 0.111 e. The van der Waals surface area contributed by atoms with Gasteiger partial charge in [0.15, 0.2) is 0 Å². The van der Waals surface area contributed by atoms with Crippen molar-refractivity contribution < 1.29 is 24.8 Å². The summed E-state index contributed by atoms with van der Waals surface area (Å²) in [6.07, 6.45) is 13.5. The Balaban J connectivity index is 1.94. The van der Waals surface area contributed by atoms with Gasteiger partial charge in [-0.25, -0.2) is 0 Å². The molecule has 1 heterocycles. The summed E-state index contributed by atoms with van der Waals surface area (Å²) in [6, 6.07) is 0. The summed E-state index contributed by atoms with van der Waals surface area (Å²) in [5.74, 6) is 0. The van der Waals surface area contributed by atoms with Gasteiger partial charge in [-0.2, -0.15) is 0 Å². The molecule has 1 rings (SSSR count). The van der Waals surface area contributed by atoms with Crippen LogP contribution in [0.2, 0.25) is 0 Å². The smallest absolute Gasteiger partial charge is 0.111 e. The highest BCUT2D eigenvalue weighted by molar-refractivity contribution is 4.87. The zero-order chi connectivity index (χ0) is 18.3. The van der Waals surface area contributed by atoms with Crippen LogP contribution >= 0.6 is 0 Å². The van der Waals surface area contributed by atoms with Crippen molar-refractivity contribution in [3.8, 4) is 0 Å². The molecule has 0 amide bonds. The van der Waals surface area contributed by atoms with Crippen molar-refractivity contribution in [2.75, 3.05) is 19.8 Å². The van der Waals surface area contributed by atoms with E-state index in [1.54, 1.807) is 0 Å². The third kappa shape index (κ3) is 9.71. The molecule has 0 aromatic heterocycles. The standard InChI is InChI=1S/C20H38O5/c1-2-3-4-5-6-7-8-9-10-11-12-13-14-24-18-16-25-17(15-21)19(22)20(18)23/h9-10,17-23H,2-8,11-16H2,1H3/b10-9+/t17-,18+,19-,20-/m1/s1. The molecule has 25 heavy (non-hydrogen) atoms. The third-order valence-corrected chi connectivity index (χ3v) is 4.75. The molecule has 0 aromatic rings.